The summed E-state index contributed by atoms with van der Waals surface area (Å²) in [5.74, 6) is 0.946. The molecule has 0 spiro atoms. The minimum absolute atomic E-state index is 0.109. The van der Waals surface area contributed by atoms with Crippen LogP contribution in [0.1, 0.15) is 0 Å². The lowest BCUT2D eigenvalue weighted by molar-refractivity contribution is 0.415. The van der Waals surface area contributed by atoms with Crippen LogP contribution in [-0.2, 0) is 9.84 Å². The molecule has 2 aromatic rings. The molecule has 0 aliphatic carbocycles. The normalized spacial score (nSPS) is 24.4. The highest BCUT2D eigenvalue weighted by molar-refractivity contribution is 7.91. The van der Waals surface area contributed by atoms with Gasteiger partial charge in [0.15, 0.2) is 14.9 Å². The molecule has 4 rings (SSSR count). The molecule has 0 unspecified atom stereocenters. The van der Waals surface area contributed by atoms with E-state index in [0.717, 1.165) is 17.1 Å². The maximum absolute atomic E-state index is 12.3. The number of sulfone groups is 1. The molecular formula is C18H18N2O3S2. The van der Waals surface area contributed by atoms with Gasteiger partial charge in [-0.1, -0.05) is 24.3 Å². The minimum atomic E-state index is -3.10. The Morgan fingerprint density at radius 2 is 1.56 bits per heavy atom. The van der Waals surface area contributed by atoms with Gasteiger partial charge in [0.25, 0.3) is 0 Å². The van der Waals surface area contributed by atoms with Crippen LogP contribution in [0.2, 0.25) is 0 Å². The Morgan fingerprint density at radius 1 is 0.960 bits per heavy atom. The number of fused-ring (bicyclic) bond motifs is 1. The summed E-state index contributed by atoms with van der Waals surface area (Å²) < 4.78 is 29.9. The zero-order valence-corrected chi connectivity index (χ0v) is 15.3. The predicted octanol–water partition coefficient (Wildman–Crippen LogP) is 2.47. The average molecular weight is 374 g/mol. The molecule has 7 heteroatoms. The van der Waals surface area contributed by atoms with Crippen LogP contribution in [0.4, 0.5) is 11.4 Å². The highest BCUT2D eigenvalue weighted by Gasteiger charge is 2.52. The van der Waals surface area contributed by atoms with Crippen molar-refractivity contribution in [2.24, 2.45) is 0 Å². The average Bonchev–Trinajstić information content (AvgIpc) is 3.04. The molecular weight excluding hydrogens is 356 g/mol. The predicted molar refractivity (Wildman–Crippen MR) is 103 cm³/mol. The minimum Gasteiger partial charge on any atom is -0.497 e. The highest BCUT2D eigenvalue weighted by Crippen LogP contribution is 2.38. The van der Waals surface area contributed by atoms with Crippen molar-refractivity contribution in [2.75, 3.05) is 28.4 Å². The van der Waals surface area contributed by atoms with Gasteiger partial charge in [-0.25, -0.2) is 8.42 Å². The maximum atomic E-state index is 12.3. The van der Waals surface area contributed by atoms with Crippen LogP contribution >= 0.6 is 12.2 Å². The fourth-order valence-electron chi connectivity index (χ4n) is 3.66. The van der Waals surface area contributed by atoms with Crippen molar-refractivity contribution < 1.29 is 13.2 Å². The van der Waals surface area contributed by atoms with Crippen LogP contribution in [0, 0.1) is 0 Å². The lowest BCUT2D eigenvalue weighted by atomic mass is 10.1. The first kappa shape index (κ1) is 16.4. The number of benzene rings is 2. The molecule has 25 heavy (non-hydrogen) atoms. The summed E-state index contributed by atoms with van der Waals surface area (Å²) in [7, 11) is -1.49. The Labute approximate surface area is 152 Å². The molecule has 2 aliphatic rings. The summed E-state index contributed by atoms with van der Waals surface area (Å²) in [6, 6.07) is 16.9. The number of anilines is 2. The number of thiocarbonyl (C=S) groups is 1. The van der Waals surface area contributed by atoms with E-state index in [1.54, 1.807) is 7.11 Å². The zero-order chi connectivity index (χ0) is 17.6. The van der Waals surface area contributed by atoms with Crippen LogP contribution in [0.25, 0.3) is 0 Å². The quantitative estimate of drug-likeness (QED) is 0.770. The molecule has 0 radical (unpaired) electrons. The van der Waals surface area contributed by atoms with Gasteiger partial charge in [0.2, 0.25) is 0 Å². The van der Waals surface area contributed by atoms with Crippen molar-refractivity contribution in [3.63, 3.8) is 0 Å². The van der Waals surface area contributed by atoms with E-state index < -0.39 is 9.84 Å². The SMILES string of the molecule is COc1cccc(N2C(=S)N(c3ccccc3)[C@@H]3CS(=O)(=O)C[C@H]32)c1. The van der Waals surface area contributed by atoms with E-state index in [0.29, 0.717) is 5.11 Å². The third-order valence-corrected chi connectivity index (χ3v) is 6.83. The van der Waals surface area contributed by atoms with Crippen LogP contribution in [0.5, 0.6) is 5.75 Å². The zero-order valence-electron chi connectivity index (χ0n) is 13.7. The molecule has 2 aliphatic heterocycles. The molecule has 2 fully saturated rings. The van der Waals surface area contributed by atoms with Crippen molar-refractivity contribution in [2.45, 2.75) is 12.1 Å². The van der Waals surface area contributed by atoms with Crippen molar-refractivity contribution in [1.29, 1.82) is 0 Å². The molecule has 2 saturated heterocycles. The molecule has 2 heterocycles. The van der Waals surface area contributed by atoms with Crippen LogP contribution in [0.3, 0.4) is 0 Å². The number of para-hydroxylation sites is 1. The number of ether oxygens (including phenoxy) is 1. The third kappa shape index (κ3) is 2.77. The molecule has 2 aromatic carbocycles. The van der Waals surface area contributed by atoms with Crippen LogP contribution in [0.15, 0.2) is 54.6 Å². The van der Waals surface area contributed by atoms with Gasteiger partial charge in [0.1, 0.15) is 5.75 Å². The monoisotopic (exact) mass is 374 g/mol. The number of hydrogen-bond donors (Lipinski definition) is 0. The van der Waals surface area contributed by atoms with E-state index in [1.165, 1.54) is 0 Å². The third-order valence-electron chi connectivity index (χ3n) is 4.73. The molecule has 0 bridgehead atoms. The summed E-state index contributed by atoms with van der Waals surface area (Å²) in [5, 5.41) is 0.629. The summed E-state index contributed by atoms with van der Waals surface area (Å²) in [5.41, 5.74) is 1.78. The molecule has 2 atom stereocenters. The molecule has 0 saturated carbocycles. The van der Waals surface area contributed by atoms with Gasteiger partial charge < -0.3 is 14.5 Å². The number of nitrogens with zero attached hydrogens (tertiary/aromatic N) is 2. The standard InChI is InChI=1S/C18H18N2O3S2/c1-23-15-9-5-8-14(10-15)20-17-12-25(21,22)11-16(17)19(18(20)24)13-6-3-2-4-7-13/h2-10,16-17H,11-12H2,1H3/t16-,17-/m1/s1. The van der Waals surface area contributed by atoms with E-state index >= 15 is 0 Å². The van der Waals surface area contributed by atoms with Crippen LogP contribution in [-0.4, -0.2) is 44.2 Å². The van der Waals surface area contributed by atoms with E-state index in [9.17, 15) is 8.42 Å². The topological polar surface area (TPSA) is 49.9 Å². The summed E-state index contributed by atoms with van der Waals surface area (Å²) >= 11 is 5.75. The van der Waals surface area contributed by atoms with E-state index in [4.69, 9.17) is 17.0 Å². The largest absolute Gasteiger partial charge is 0.497 e. The Kier molecular flexibility index (Phi) is 3.92. The maximum Gasteiger partial charge on any atom is 0.181 e. The second-order valence-corrected chi connectivity index (χ2v) is 8.79. The lowest BCUT2D eigenvalue weighted by Gasteiger charge is -2.26. The Bertz CT molecular complexity index is 915. The first-order valence-electron chi connectivity index (χ1n) is 8.02. The van der Waals surface area contributed by atoms with Gasteiger partial charge in [-0.2, -0.15) is 0 Å². The van der Waals surface area contributed by atoms with E-state index in [2.05, 4.69) is 0 Å². The number of hydrogen-bond acceptors (Lipinski definition) is 4. The van der Waals surface area contributed by atoms with Gasteiger partial charge in [0.05, 0.1) is 30.7 Å². The van der Waals surface area contributed by atoms with E-state index in [-0.39, 0.29) is 23.6 Å². The molecule has 5 nitrogen and oxygen atoms in total. The Hall–Kier alpha value is -2.12. The second-order valence-electron chi connectivity index (χ2n) is 6.27. The first-order chi connectivity index (χ1) is 12.0. The van der Waals surface area contributed by atoms with Crippen LogP contribution < -0.4 is 14.5 Å². The van der Waals surface area contributed by atoms with Crippen molar-refractivity contribution in [3.05, 3.63) is 54.6 Å². The summed E-state index contributed by atoms with van der Waals surface area (Å²) in [6.45, 7) is 0. The van der Waals surface area contributed by atoms with Gasteiger partial charge in [-0.05, 0) is 36.5 Å². The van der Waals surface area contributed by atoms with Crippen molar-refractivity contribution in [1.82, 2.24) is 0 Å². The Balaban J connectivity index is 1.80. The lowest BCUT2D eigenvalue weighted by Crippen LogP contribution is -2.37. The number of rotatable bonds is 3. The summed E-state index contributed by atoms with van der Waals surface area (Å²) in [6.07, 6.45) is 0. The second kappa shape index (κ2) is 6.00. The molecule has 0 N–H and O–H groups in total. The Morgan fingerprint density at radius 3 is 2.20 bits per heavy atom. The molecule has 0 aromatic heterocycles. The molecule has 130 valence electrons. The van der Waals surface area contributed by atoms with E-state index in [1.807, 2.05) is 64.4 Å². The van der Waals surface area contributed by atoms with Gasteiger partial charge in [-0.15, -0.1) is 0 Å². The van der Waals surface area contributed by atoms with Gasteiger partial charge in [-0.3, -0.25) is 0 Å². The fourth-order valence-corrected chi connectivity index (χ4v) is 6.06. The van der Waals surface area contributed by atoms with Crippen molar-refractivity contribution in [3.8, 4) is 5.75 Å². The highest BCUT2D eigenvalue weighted by atomic mass is 32.2. The van der Waals surface area contributed by atoms with Gasteiger partial charge in [0, 0.05) is 17.4 Å². The fraction of sp³-hybridized carbons (Fsp3) is 0.278. The number of methoxy groups -OCH3 is 1. The summed E-state index contributed by atoms with van der Waals surface area (Å²) in [4.78, 5) is 3.93. The molecule has 0 amide bonds. The van der Waals surface area contributed by atoms with Gasteiger partial charge >= 0.3 is 0 Å². The first-order valence-corrected chi connectivity index (χ1v) is 10.2. The smallest absolute Gasteiger partial charge is 0.181 e. The van der Waals surface area contributed by atoms with Crippen molar-refractivity contribution >= 4 is 38.5 Å².